The zero-order chi connectivity index (χ0) is 15.7. The summed E-state index contributed by atoms with van der Waals surface area (Å²) < 4.78 is 5.14. The van der Waals surface area contributed by atoms with E-state index in [1.54, 1.807) is 31.4 Å². The van der Waals surface area contributed by atoms with E-state index in [-0.39, 0.29) is 12.5 Å². The van der Waals surface area contributed by atoms with Crippen molar-refractivity contribution in [2.24, 2.45) is 0 Å². The molecule has 116 valence electrons. The van der Waals surface area contributed by atoms with Crippen LogP contribution in [0.2, 0.25) is 0 Å². The number of methoxy groups -OCH3 is 1. The molecule has 1 rings (SSSR count). The van der Waals surface area contributed by atoms with Crippen LogP contribution in [0.1, 0.15) is 45.1 Å². The Balaban J connectivity index is 2.80. The molecule has 1 amide bonds. The summed E-state index contributed by atoms with van der Waals surface area (Å²) in [4.78, 5) is 12.0. The Morgan fingerprint density at radius 2 is 1.95 bits per heavy atom. The number of ether oxygens (including phenoxy) is 1. The monoisotopic (exact) mass is 291 g/mol. The minimum Gasteiger partial charge on any atom is -0.496 e. The van der Waals surface area contributed by atoms with Crippen molar-refractivity contribution in [3.8, 4) is 5.75 Å². The molecule has 0 heterocycles. The van der Waals surface area contributed by atoms with Crippen LogP contribution >= 0.6 is 0 Å². The van der Waals surface area contributed by atoms with E-state index in [9.17, 15) is 9.90 Å². The fourth-order valence-electron chi connectivity index (χ4n) is 2.26. The molecule has 0 saturated heterocycles. The first-order chi connectivity index (χ1) is 10.1. The molecule has 0 spiro atoms. The summed E-state index contributed by atoms with van der Waals surface area (Å²) in [7, 11) is 1.55. The number of rotatable bonds is 8. The molecule has 0 aliphatic heterocycles. The van der Waals surface area contributed by atoms with Crippen molar-refractivity contribution in [2.45, 2.75) is 46.1 Å². The van der Waals surface area contributed by atoms with Crippen molar-refractivity contribution in [1.29, 1.82) is 0 Å². The van der Waals surface area contributed by atoms with Gasteiger partial charge in [0.2, 0.25) is 5.91 Å². The van der Waals surface area contributed by atoms with E-state index in [4.69, 9.17) is 4.74 Å². The largest absolute Gasteiger partial charge is 0.496 e. The number of benzene rings is 1. The number of carbonyl (C=O) groups is 1. The summed E-state index contributed by atoms with van der Waals surface area (Å²) >= 11 is 0. The van der Waals surface area contributed by atoms with Crippen molar-refractivity contribution in [1.82, 2.24) is 0 Å². The molecule has 4 heteroatoms. The molecular formula is C17H25NO3. The normalized spacial score (nSPS) is 10.1. The van der Waals surface area contributed by atoms with Gasteiger partial charge in [-0.15, -0.1) is 0 Å². The topological polar surface area (TPSA) is 58.6 Å². The van der Waals surface area contributed by atoms with E-state index in [1.807, 2.05) is 0 Å². The first-order valence-electron chi connectivity index (χ1n) is 7.42. The third-order valence-electron chi connectivity index (χ3n) is 3.20. The predicted octanol–water partition coefficient (Wildman–Crippen LogP) is 3.65. The number of hydrogen-bond donors (Lipinski definition) is 2. The van der Waals surface area contributed by atoms with Crippen molar-refractivity contribution in [3.05, 3.63) is 35.4 Å². The van der Waals surface area contributed by atoms with Gasteiger partial charge in [-0.05, 0) is 31.0 Å². The molecule has 0 radical (unpaired) electrons. The lowest BCUT2D eigenvalue weighted by atomic mass is 10.1. The number of amides is 1. The van der Waals surface area contributed by atoms with E-state index in [0.29, 0.717) is 17.0 Å². The molecule has 0 fully saturated rings. The number of aliphatic hydroxyl groups excluding tert-OH is 1. The highest BCUT2D eigenvalue weighted by molar-refractivity contribution is 5.99. The number of carbonyl (C=O) groups excluding carboxylic acids is 1. The van der Waals surface area contributed by atoms with Gasteiger partial charge in [-0.2, -0.15) is 0 Å². The second-order valence-electron chi connectivity index (χ2n) is 4.98. The lowest BCUT2D eigenvalue weighted by Crippen LogP contribution is -2.09. The SMILES string of the molecule is CCCC(=CC(=O)Nc1ccc(OC)c(CO)c1)CCC. The standard InChI is InChI=1S/C17H25NO3/c1-4-6-13(7-5-2)10-17(20)18-15-8-9-16(21-3)14(11-15)12-19/h8-11,19H,4-7,12H2,1-3H3,(H,18,20). The highest BCUT2D eigenvalue weighted by Crippen LogP contribution is 2.22. The first kappa shape index (κ1) is 17.2. The molecule has 0 aliphatic rings. The Bertz CT molecular complexity index is 487. The minimum absolute atomic E-state index is 0.124. The average Bonchev–Trinajstić information content (AvgIpc) is 2.47. The van der Waals surface area contributed by atoms with Gasteiger partial charge in [-0.1, -0.05) is 32.3 Å². The zero-order valence-corrected chi connectivity index (χ0v) is 13.1. The van der Waals surface area contributed by atoms with Crippen LogP contribution in [0.4, 0.5) is 5.69 Å². The third-order valence-corrected chi connectivity index (χ3v) is 3.20. The Morgan fingerprint density at radius 3 is 2.48 bits per heavy atom. The Labute approximate surface area is 126 Å². The van der Waals surface area contributed by atoms with Crippen LogP contribution in [0.3, 0.4) is 0 Å². The highest BCUT2D eigenvalue weighted by atomic mass is 16.5. The minimum atomic E-state index is -0.125. The van der Waals surface area contributed by atoms with Gasteiger partial charge in [0.05, 0.1) is 13.7 Å². The zero-order valence-electron chi connectivity index (χ0n) is 13.1. The maximum Gasteiger partial charge on any atom is 0.248 e. The summed E-state index contributed by atoms with van der Waals surface area (Å²) in [5.41, 5.74) is 2.49. The van der Waals surface area contributed by atoms with E-state index >= 15 is 0 Å². The summed E-state index contributed by atoms with van der Waals surface area (Å²) in [6.07, 6.45) is 5.67. The fraction of sp³-hybridized carbons (Fsp3) is 0.471. The summed E-state index contributed by atoms with van der Waals surface area (Å²) in [5.74, 6) is 0.490. The summed E-state index contributed by atoms with van der Waals surface area (Å²) in [6.45, 7) is 4.09. The number of allylic oxidation sites excluding steroid dienone is 1. The predicted molar refractivity (Wildman–Crippen MR) is 85.4 cm³/mol. The van der Waals surface area contributed by atoms with E-state index in [1.165, 1.54) is 5.57 Å². The smallest absolute Gasteiger partial charge is 0.248 e. The Morgan fingerprint density at radius 1 is 1.29 bits per heavy atom. The molecule has 1 aromatic rings. The van der Waals surface area contributed by atoms with Crippen LogP contribution in [-0.2, 0) is 11.4 Å². The molecule has 0 unspecified atom stereocenters. The van der Waals surface area contributed by atoms with Crippen LogP contribution in [0.25, 0.3) is 0 Å². The average molecular weight is 291 g/mol. The molecule has 1 aromatic carbocycles. The first-order valence-corrected chi connectivity index (χ1v) is 7.42. The molecule has 2 N–H and O–H groups in total. The Kier molecular flexibility index (Phi) is 7.54. The van der Waals surface area contributed by atoms with Gasteiger partial charge in [0.15, 0.2) is 0 Å². The maximum absolute atomic E-state index is 12.0. The molecule has 0 aromatic heterocycles. The fourth-order valence-corrected chi connectivity index (χ4v) is 2.26. The third kappa shape index (κ3) is 5.60. The van der Waals surface area contributed by atoms with Gasteiger partial charge in [0.1, 0.15) is 5.75 Å². The van der Waals surface area contributed by atoms with Crippen molar-refractivity contribution < 1.29 is 14.6 Å². The van der Waals surface area contributed by atoms with Gasteiger partial charge in [-0.3, -0.25) is 4.79 Å². The van der Waals surface area contributed by atoms with Crippen LogP contribution in [0.15, 0.2) is 29.8 Å². The summed E-state index contributed by atoms with van der Waals surface area (Å²) in [5, 5.41) is 12.1. The number of hydrogen-bond acceptors (Lipinski definition) is 3. The van der Waals surface area contributed by atoms with Crippen LogP contribution in [-0.4, -0.2) is 18.1 Å². The van der Waals surface area contributed by atoms with Gasteiger partial charge >= 0.3 is 0 Å². The molecule has 0 atom stereocenters. The van der Waals surface area contributed by atoms with Crippen LogP contribution in [0, 0.1) is 0 Å². The molecule has 4 nitrogen and oxygen atoms in total. The number of aliphatic hydroxyl groups is 1. The van der Waals surface area contributed by atoms with Crippen LogP contribution in [0.5, 0.6) is 5.75 Å². The lowest BCUT2D eigenvalue weighted by Gasteiger charge is -2.10. The van der Waals surface area contributed by atoms with Crippen LogP contribution < -0.4 is 10.1 Å². The molecule has 0 aliphatic carbocycles. The highest BCUT2D eigenvalue weighted by Gasteiger charge is 2.06. The second kappa shape index (κ2) is 9.19. The van der Waals surface area contributed by atoms with Gasteiger partial charge in [-0.25, -0.2) is 0 Å². The molecule has 21 heavy (non-hydrogen) atoms. The maximum atomic E-state index is 12.0. The molecule has 0 saturated carbocycles. The van der Waals surface area contributed by atoms with E-state index < -0.39 is 0 Å². The molecular weight excluding hydrogens is 266 g/mol. The second-order valence-corrected chi connectivity index (χ2v) is 4.98. The molecule has 0 bridgehead atoms. The number of anilines is 1. The van der Waals surface area contributed by atoms with Crippen molar-refractivity contribution in [2.75, 3.05) is 12.4 Å². The summed E-state index contributed by atoms with van der Waals surface area (Å²) in [6, 6.07) is 5.23. The van der Waals surface area contributed by atoms with Gasteiger partial charge in [0, 0.05) is 17.3 Å². The van der Waals surface area contributed by atoms with Crippen molar-refractivity contribution >= 4 is 11.6 Å². The quantitative estimate of drug-likeness (QED) is 0.719. The lowest BCUT2D eigenvalue weighted by molar-refractivity contribution is -0.112. The Hall–Kier alpha value is -1.81. The van der Waals surface area contributed by atoms with E-state index in [0.717, 1.165) is 25.7 Å². The van der Waals surface area contributed by atoms with E-state index in [2.05, 4.69) is 19.2 Å². The van der Waals surface area contributed by atoms with Gasteiger partial charge in [0.25, 0.3) is 0 Å². The number of nitrogens with one attached hydrogen (secondary N) is 1. The van der Waals surface area contributed by atoms with Crippen molar-refractivity contribution in [3.63, 3.8) is 0 Å². The van der Waals surface area contributed by atoms with Gasteiger partial charge < -0.3 is 15.2 Å².